The van der Waals surface area contributed by atoms with Gasteiger partial charge in [0.15, 0.2) is 0 Å². The normalized spacial score (nSPS) is 15.8. The number of likely N-dealkylation sites (tertiary alicyclic amines) is 1. The molecule has 182 valence electrons. The first-order chi connectivity index (χ1) is 16.3. The van der Waals surface area contributed by atoms with Crippen LogP contribution in [0.4, 0.5) is 0 Å². The summed E-state index contributed by atoms with van der Waals surface area (Å²) in [5.41, 5.74) is 2.19. The van der Waals surface area contributed by atoms with Crippen LogP contribution < -0.4 is 15.4 Å². The van der Waals surface area contributed by atoms with Gasteiger partial charge < -0.3 is 20.3 Å². The maximum absolute atomic E-state index is 13.1. The second-order valence-corrected chi connectivity index (χ2v) is 9.00. The van der Waals surface area contributed by atoms with Gasteiger partial charge in [-0.3, -0.25) is 14.4 Å². The molecule has 2 aromatic rings. The fourth-order valence-corrected chi connectivity index (χ4v) is 4.20. The second kappa shape index (κ2) is 11.7. The van der Waals surface area contributed by atoms with Crippen molar-refractivity contribution < 1.29 is 19.1 Å². The third-order valence-corrected chi connectivity index (χ3v) is 6.49. The summed E-state index contributed by atoms with van der Waals surface area (Å²) in [6.07, 6.45) is 2.08. The van der Waals surface area contributed by atoms with Crippen molar-refractivity contribution in [2.45, 2.75) is 52.1 Å². The number of benzene rings is 2. The van der Waals surface area contributed by atoms with Crippen molar-refractivity contribution in [2.24, 2.45) is 5.92 Å². The molecular weight excluding hydrogens is 430 g/mol. The highest BCUT2D eigenvalue weighted by atomic mass is 16.5. The summed E-state index contributed by atoms with van der Waals surface area (Å²) in [6.45, 7) is 7.01. The van der Waals surface area contributed by atoms with Gasteiger partial charge in [-0.2, -0.15) is 0 Å². The Morgan fingerprint density at radius 1 is 1.03 bits per heavy atom. The van der Waals surface area contributed by atoms with Crippen LogP contribution in [0.1, 0.15) is 59.4 Å². The molecule has 1 aliphatic rings. The average molecular weight is 466 g/mol. The topological polar surface area (TPSA) is 87.7 Å². The van der Waals surface area contributed by atoms with Gasteiger partial charge in [-0.25, -0.2) is 0 Å². The van der Waals surface area contributed by atoms with Gasteiger partial charge in [-0.15, -0.1) is 0 Å². The summed E-state index contributed by atoms with van der Waals surface area (Å²) in [6, 6.07) is 13.7. The molecule has 0 unspecified atom stereocenters. The summed E-state index contributed by atoms with van der Waals surface area (Å²) in [5.74, 6) is 0.121. The Morgan fingerprint density at radius 3 is 2.29 bits per heavy atom. The van der Waals surface area contributed by atoms with Gasteiger partial charge in [0.05, 0.1) is 7.11 Å². The zero-order chi connectivity index (χ0) is 24.7. The Bertz CT molecular complexity index is 997. The molecule has 0 spiro atoms. The van der Waals surface area contributed by atoms with Gasteiger partial charge in [0, 0.05) is 30.3 Å². The highest BCUT2D eigenvalue weighted by molar-refractivity contribution is 5.98. The summed E-state index contributed by atoms with van der Waals surface area (Å²) >= 11 is 0. The van der Waals surface area contributed by atoms with Crippen LogP contribution in [-0.4, -0.2) is 54.9 Å². The number of ether oxygens (including phenoxy) is 1. The molecule has 0 bridgehead atoms. The van der Waals surface area contributed by atoms with Crippen molar-refractivity contribution in [2.75, 3.05) is 20.2 Å². The minimum Gasteiger partial charge on any atom is -0.497 e. The Labute approximate surface area is 201 Å². The first kappa shape index (κ1) is 25.3. The maximum Gasteiger partial charge on any atom is 0.253 e. The fraction of sp³-hybridized carbons (Fsp3) is 0.444. The molecule has 3 amide bonds. The number of carbonyl (C=O) groups is 3. The van der Waals surface area contributed by atoms with Crippen molar-refractivity contribution in [3.63, 3.8) is 0 Å². The number of piperidine rings is 1. The van der Waals surface area contributed by atoms with Crippen LogP contribution in [0.25, 0.3) is 0 Å². The van der Waals surface area contributed by atoms with E-state index in [9.17, 15) is 14.4 Å². The van der Waals surface area contributed by atoms with Crippen molar-refractivity contribution in [3.8, 4) is 5.75 Å². The van der Waals surface area contributed by atoms with Crippen LogP contribution in [-0.2, 0) is 4.79 Å². The van der Waals surface area contributed by atoms with Crippen LogP contribution >= 0.6 is 0 Å². The smallest absolute Gasteiger partial charge is 0.253 e. The van der Waals surface area contributed by atoms with E-state index in [-0.39, 0.29) is 29.7 Å². The minimum atomic E-state index is -0.667. The van der Waals surface area contributed by atoms with Crippen molar-refractivity contribution in [1.82, 2.24) is 15.5 Å². The standard InChI is InChI=1S/C27H35N3O4/c1-5-19(3)28-26(32)24(29-25(31)21-9-11-23(34-4)12-10-21)20-13-15-30(16-14-20)27(33)22-8-6-7-18(2)17-22/h6-12,17,19-20,24H,5,13-16H2,1-4H3,(H,28,32)(H,29,31)/t19-,24-/m0/s1. The molecule has 7 heteroatoms. The van der Waals surface area contributed by atoms with E-state index >= 15 is 0 Å². The van der Waals surface area contributed by atoms with Gasteiger partial charge in [-0.1, -0.05) is 24.6 Å². The number of aryl methyl sites for hydroxylation is 1. The third-order valence-electron chi connectivity index (χ3n) is 6.49. The highest BCUT2D eigenvalue weighted by Gasteiger charge is 2.34. The van der Waals surface area contributed by atoms with E-state index in [0.29, 0.717) is 42.8 Å². The molecule has 0 saturated carbocycles. The van der Waals surface area contributed by atoms with E-state index in [0.717, 1.165) is 12.0 Å². The van der Waals surface area contributed by atoms with E-state index in [1.54, 1.807) is 31.4 Å². The number of hydrogen-bond acceptors (Lipinski definition) is 4. The number of hydrogen-bond donors (Lipinski definition) is 2. The molecule has 1 heterocycles. The molecule has 1 saturated heterocycles. The Kier molecular flexibility index (Phi) is 8.68. The van der Waals surface area contributed by atoms with Crippen molar-refractivity contribution in [1.29, 1.82) is 0 Å². The summed E-state index contributed by atoms with van der Waals surface area (Å²) in [7, 11) is 1.57. The second-order valence-electron chi connectivity index (χ2n) is 9.00. The molecule has 2 N–H and O–H groups in total. The van der Waals surface area contributed by atoms with E-state index in [4.69, 9.17) is 4.74 Å². The third kappa shape index (κ3) is 6.37. The van der Waals surface area contributed by atoms with Crippen molar-refractivity contribution >= 4 is 17.7 Å². The van der Waals surface area contributed by atoms with Crippen LogP contribution in [0, 0.1) is 12.8 Å². The quantitative estimate of drug-likeness (QED) is 0.624. The molecular formula is C27H35N3O4. The van der Waals surface area contributed by atoms with E-state index in [1.165, 1.54) is 0 Å². The Morgan fingerprint density at radius 2 is 1.71 bits per heavy atom. The van der Waals surface area contributed by atoms with E-state index < -0.39 is 6.04 Å². The van der Waals surface area contributed by atoms with Gasteiger partial charge >= 0.3 is 0 Å². The monoisotopic (exact) mass is 465 g/mol. The van der Waals surface area contributed by atoms with Crippen molar-refractivity contribution in [3.05, 3.63) is 65.2 Å². The SMILES string of the molecule is CC[C@H](C)NC(=O)[C@@H](NC(=O)c1ccc(OC)cc1)C1CCN(C(=O)c2cccc(C)c2)CC1. The number of amides is 3. The summed E-state index contributed by atoms with van der Waals surface area (Å²) in [4.78, 5) is 40.8. The summed E-state index contributed by atoms with van der Waals surface area (Å²) < 4.78 is 5.16. The molecule has 0 aliphatic carbocycles. The first-order valence-corrected chi connectivity index (χ1v) is 11.9. The first-order valence-electron chi connectivity index (χ1n) is 11.9. The van der Waals surface area contributed by atoms with Gasteiger partial charge in [0.1, 0.15) is 11.8 Å². The van der Waals surface area contributed by atoms with Gasteiger partial charge in [-0.05, 0) is 75.4 Å². The predicted octanol–water partition coefficient (Wildman–Crippen LogP) is 3.57. The molecule has 2 atom stereocenters. The number of nitrogens with zero attached hydrogens (tertiary/aromatic N) is 1. The largest absolute Gasteiger partial charge is 0.497 e. The average Bonchev–Trinajstić information content (AvgIpc) is 2.86. The molecule has 2 aromatic carbocycles. The predicted molar refractivity (Wildman–Crippen MR) is 132 cm³/mol. The lowest BCUT2D eigenvalue weighted by Crippen LogP contribution is -2.55. The van der Waals surface area contributed by atoms with Crippen LogP contribution in [0.5, 0.6) is 5.75 Å². The van der Waals surface area contributed by atoms with Crippen LogP contribution in [0.15, 0.2) is 48.5 Å². The molecule has 0 radical (unpaired) electrons. The number of methoxy groups -OCH3 is 1. The number of carbonyl (C=O) groups excluding carboxylic acids is 3. The lowest BCUT2D eigenvalue weighted by atomic mass is 9.88. The highest BCUT2D eigenvalue weighted by Crippen LogP contribution is 2.23. The molecule has 1 aliphatic heterocycles. The minimum absolute atomic E-state index is 0.00465. The van der Waals surface area contributed by atoms with Gasteiger partial charge in [0.25, 0.3) is 11.8 Å². The lowest BCUT2D eigenvalue weighted by molar-refractivity contribution is -0.125. The molecule has 34 heavy (non-hydrogen) atoms. The lowest BCUT2D eigenvalue weighted by Gasteiger charge is -2.36. The molecule has 3 rings (SSSR count). The van der Waals surface area contributed by atoms with E-state index in [2.05, 4.69) is 10.6 Å². The number of nitrogens with one attached hydrogen (secondary N) is 2. The summed E-state index contributed by atoms with van der Waals surface area (Å²) in [5, 5.41) is 5.97. The Hall–Kier alpha value is -3.35. The fourth-order valence-electron chi connectivity index (χ4n) is 4.20. The maximum atomic E-state index is 13.1. The molecule has 1 fully saturated rings. The Balaban J connectivity index is 1.70. The number of rotatable bonds is 8. The molecule has 7 nitrogen and oxygen atoms in total. The van der Waals surface area contributed by atoms with Crippen LogP contribution in [0.3, 0.4) is 0 Å². The van der Waals surface area contributed by atoms with E-state index in [1.807, 2.05) is 49.9 Å². The zero-order valence-corrected chi connectivity index (χ0v) is 20.5. The zero-order valence-electron chi connectivity index (χ0n) is 20.5. The van der Waals surface area contributed by atoms with Crippen LogP contribution in [0.2, 0.25) is 0 Å². The molecule has 0 aromatic heterocycles. The van der Waals surface area contributed by atoms with Gasteiger partial charge in [0.2, 0.25) is 5.91 Å².